The molecule has 0 spiro atoms. The summed E-state index contributed by atoms with van der Waals surface area (Å²) in [6.45, 7) is 5.31. The minimum Gasteiger partial charge on any atom is -0.425 e. The fourth-order valence-electron chi connectivity index (χ4n) is 2.32. The van der Waals surface area contributed by atoms with Gasteiger partial charge in [-0.3, -0.25) is 4.79 Å². The molecule has 0 fully saturated rings. The fourth-order valence-corrected chi connectivity index (χ4v) is 3.25. The number of esters is 1. The van der Waals surface area contributed by atoms with Crippen LogP contribution in [0.5, 0.6) is 5.75 Å². The Balaban J connectivity index is 2.55. The third-order valence-electron chi connectivity index (χ3n) is 3.21. The van der Waals surface area contributed by atoms with Crippen LogP contribution < -0.4 is 4.74 Å². The second-order valence-electron chi connectivity index (χ2n) is 5.23. The van der Waals surface area contributed by atoms with E-state index in [1.54, 1.807) is 30.3 Å². The van der Waals surface area contributed by atoms with Crippen molar-refractivity contribution in [2.24, 2.45) is 0 Å². The molecule has 2 aromatic rings. The van der Waals surface area contributed by atoms with Crippen molar-refractivity contribution in [1.82, 2.24) is 4.57 Å². The molecule has 0 saturated heterocycles. The Morgan fingerprint density at radius 3 is 2.41 bits per heavy atom. The predicted molar refractivity (Wildman–Crippen MR) is 89.3 cm³/mol. The fraction of sp³-hybridized carbons (Fsp3) is 0.312. The molecule has 4 nitrogen and oxygen atoms in total. The normalized spacial score (nSPS) is 12.5. The highest BCUT2D eigenvalue weighted by Gasteiger charge is 2.25. The lowest BCUT2D eigenvalue weighted by Gasteiger charge is -2.20. The van der Waals surface area contributed by atoms with Gasteiger partial charge in [0.1, 0.15) is 6.10 Å². The van der Waals surface area contributed by atoms with Gasteiger partial charge in [0, 0.05) is 24.1 Å². The van der Waals surface area contributed by atoms with Gasteiger partial charge >= 0.3 is 5.97 Å². The first kappa shape index (κ1) is 17.1. The zero-order valence-electron chi connectivity index (χ0n) is 12.5. The van der Waals surface area contributed by atoms with E-state index in [-0.39, 0.29) is 6.04 Å². The van der Waals surface area contributed by atoms with Crippen LogP contribution in [0.4, 0.5) is 0 Å². The molecule has 1 unspecified atom stereocenters. The van der Waals surface area contributed by atoms with E-state index in [0.717, 1.165) is 4.60 Å². The number of ether oxygens (including phenoxy) is 1. The molecule has 0 bridgehead atoms. The first-order valence-electron chi connectivity index (χ1n) is 6.83. The molecule has 1 heterocycles. The number of aliphatic hydroxyl groups excluding tert-OH is 1. The van der Waals surface area contributed by atoms with E-state index >= 15 is 0 Å². The Hall–Kier alpha value is -1.30. The van der Waals surface area contributed by atoms with Gasteiger partial charge in [0.15, 0.2) is 5.75 Å². The molecule has 0 aliphatic carbocycles. The van der Waals surface area contributed by atoms with Crippen molar-refractivity contribution in [3.05, 3.63) is 51.2 Å². The molecule has 1 atom stereocenters. The first-order chi connectivity index (χ1) is 10.3. The summed E-state index contributed by atoms with van der Waals surface area (Å²) in [5, 5.41) is 11.3. The highest BCUT2D eigenvalue weighted by atomic mass is 79.9. The summed E-state index contributed by atoms with van der Waals surface area (Å²) >= 11 is 9.34. The largest absolute Gasteiger partial charge is 0.425 e. The SMILES string of the molecule is CC(=O)Oc1cc(Br)n(C(C)C)c1C(O)c1ccc(Cl)cc1. The number of hydrogen-bond acceptors (Lipinski definition) is 3. The molecule has 2 rings (SSSR count). The quantitative estimate of drug-likeness (QED) is 0.788. The summed E-state index contributed by atoms with van der Waals surface area (Å²) in [5.74, 6) is -0.0894. The van der Waals surface area contributed by atoms with Crippen LogP contribution in [0.3, 0.4) is 0 Å². The molecular formula is C16H17BrClNO3. The average molecular weight is 387 g/mol. The van der Waals surface area contributed by atoms with Crippen LogP contribution in [-0.4, -0.2) is 15.6 Å². The summed E-state index contributed by atoms with van der Waals surface area (Å²) in [7, 11) is 0. The zero-order chi connectivity index (χ0) is 16.4. The van der Waals surface area contributed by atoms with Gasteiger partial charge in [0.2, 0.25) is 0 Å². The van der Waals surface area contributed by atoms with Crippen molar-refractivity contribution in [3.63, 3.8) is 0 Å². The van der Waals surface area contributed by atoms with Crippen molar-refractivity contribution in [2.45, 2.75) is 32.9 Å². The summed E-state index contributed by atoms with van der Waals surface area (Å²) in [6.07, 6.45) is -0.930. The van der Waals surface area contributed by atoms with E-state index in [1.807, 2.05) is 18.4 Å². The second-order valence-corrected chi connectivity index (χ2v) is 6.48. The van der Waals surface area contributed by atoms with E-state index in [1.165, 1.54) is 6.92 Å². The van der Waals surface area contributed by atoms with E-state index in [4.69, 9.17) is 16.3 Å². The van der Waals surface area contributed by atoms with Crippen LogP contribution in [-0.2, 0) is 4.79 Å². The number of aromatic nitrogens is 1. The standard InChI is InChI=1S/C16H17BrClNO3/c1-9(2)19-14(17)8-13(22-10(3)20)15(19)16(21)11-4-6-12(18)7-5-11/h4-9,16,21H,1-3H3. The summed E-state index contributed by atoms with van der Waals surface area (Å²) < 4.78 is 7.87. The van der Waals surface area contributed by atoms with Gasteiger partial charge in [-0.2, -0.15) is 0 Å². The Kier molecular flexibility index (Phi) is 5.32. The second kappa shape index (κ2) is 6.86. The van der Waals surface area contributed by atoms with E-state index in [2.05, 4.69) is 15.9 Å². The molecule has 6 heteroatoms. The van der Waals surface area contributed by atoms with Gasteiger partial charge in [-0.05, 0) is 47.5 Å². The van der Waals surface area contributed by atoms with Gasteiger partial charge in [-0.25, -0.2) is 0 Å². The Labute approximate surface area is 142 Å². The van der Waals surface area contributed by atoms with Crippen LogP contribution in [0.15, 0.2) is 34.9 Å². The third-order valence-corrected chi connectivity index (χ3v) is 4.07. The number of carbonyl (C=O) groups is 1. The maximum absolute atomic E-state index is 11.3. The van der Waals surface area contributed by atoms with Crippen LogP contribution in [0, 0.1) is 0 Å². The molecule has 0 saturated carbocycles. The highest BCUT2D eigenvalue weighted by Crippen LogP contribution is 2.38. The Bertz CT molecular complexity index is 679. The minimum absolute atomic E-state index is 0.0793. The molecule has 1 N–H and O–H groups in total. The van der Waals surface area contributed by atoms with Gasteiger partial charge < -0.3 is 14.4 Å². The zero-order valence-corrected chi connectivity index (χ0v) is 14.9. The average Bonchev–Trinajstić information content (AvgIpc) is 2.74. The molecule has 22 heavy (non-hydrogen) atoms. The van der Waals surface area contributed by atoms with E-state index in [0.29, 0.717) is 22.0 Å². The molecular weight excluding hydrogens is 370 g/mol. The molecule has 0 amide bonds. The molecule has 0 aliphatic rings. The molecule has 0 aliphatic heterocycles. The maximum atomic E-state index is 11.3. The lowest BCUT2D eigenvalue weighted by atomic mass is 10.1. The number of hydrogen-bond donors (Lipinski definition) is 1. The number of nitrogens with zero attached hydrogens (tertiary/aromatic N) is 1. The van der Waals surface area contributed by atoms with Crippen molar-refractivity contribution < 1.29 is 14.6 Å². The summed E-state index contributed by atoms with van der Waals surface area (Å²) in [6, 6.07) is 8.69. The lowest BCUT2D eigenvalue weighted by Crippen LogP contribution is -2.13. The molecule has 1 aromatic heterocycles. The topological polar surface area (TPSA) is 51.5 Å². The lowest BCUT2D eigenvalue weighted by molar-refractivity contribution is -0.132. The van der Waals surface area contributed by atoms with Crippen LogP contribution in [0.2, 0.25) is 5.02 Å². The van der Waals surface area contributed by atoms with Crippen LogP contribution in [0.25, 0.3) is 0 Å². The monoisotopic (exact) mass is 385 g/mol. The number of aliphatic hydroxyl groups is 1. The predicted octanol–water partition coefficient (Wildman–Crippen LogP) is 4.49. The highest BCUT2D eigenvalue weighted by molar-refractivity contribution is 9.10. The summed E-state index contributed by atoms with van der Waals surface area (Å²) in [5.41, 5.74) is 1.20. The number of halogens is 2. The number of benzene rings is 1. The van der Waals surface area contributed by atoms with Crippen LogP contribution >= 0.6 is 27.5 Å². The third kappa shape index (κ3) is 3.54. The number of carbonyl (C=O) groups excluding carboxylic acids is 1. The van der Waals surface area contributed by atoms with Gasteiger partial charge in [0.25, 0.3) is 0 Å². The van der Waals surface area contributed by atoms with E-state index in [9.17, 15) is 9.90 Å². The van der Waals surface area contributed by atoms with Gasteiger partial charge in [-0.1, -0.05) is 23.7 Å². The van der Waals surface area contributed by atoms with Crippen molar-refractivity contribution in [2.75, 3.05) is 0 Å². The van der Waals surface area contributed by atoms with Crippen molar-refractivity contribution in [1.29, 1.82) is 0 Å². The van der Waals surface area contributed by atoms with E-state index < -0.39 is 12.1 Å². The first-order valence-corrected chi connectivity index (χ1v) is 8.01. The summed E-state index contributed by atoms with van der Waals surface area (Å²) in [4.78, 5) is 11.3. The smallest absolute Gasteiger partial charge is 0.308 e. The van der Waals surface area contributed by atoms with Crippen LogP contribution in [0.1, 0.15) is 44.2 Å². The van der Waals surface area contributed by atoms with Crippen molar-refractivity contribution >= 4 is 33.5 Å². The number of rotatable bonds is 4. The van der Waals surface area contributed by atoms with Crippen molar-refractivity contribution in [3.8, 4) is 5.75 Å². The van der Waals surface area contributed by atoms with Gasteiger partial charge in [0.05, 0.1) is 10.3 Å². The van der Waals surface area contributed by atoms with Gasteiger partial charge in [-0.15, -0.1) is 0 Å². The molecule has 118 valence electrons. The molecule has 1 aromatic carbocycles. The molecule has 0 radical (unpaired) electrons. The Morgan fingerprint density at radius 2 is 1.91 bits per heavy atom. The minimum atomic E-state index is -0.930. The Morgan fingerprint density at radius 1 is 1.32 bits per heavy atom. The maximum Gasteiger partial charge on any atom is 0.308 e.